The van der Waals surface area contributed by atoms with Gasteiger partial charge in [-0.3, -0.25) is 0 Å². The molecule has 0 aromatic heterocycles. The molecule has 0 unspecified atom stereocenters. The van der Waals surface area contributed by atoms with Gasteiger partial charge in [0.1, 0.15) is 0 Å². The van der Waals surface area contributed by atoms with E-state index >= 15 is 0 Å². The van der Waals surface area contributed by atoms with Crippen LogP contribution in [-0.2, 0) is 0 Å². The number of benzene rings is 1. The van der Waals surface area contributed by atoms with Gasteiger partial charge in [-0.1, -0.05) is 67.2 Å². The molecule has 0 fully saturated rings. The monoisotopic (exact) mass is 358 g/mol. The van der Waals surface area contributed by atoms with Crippen LogP contribution in [0.4, 0.5) is 0 Å². The molecule has 0 radical (unpaired) electrons. The van der Waals surface area contributed by atoms with E-state index in [9.17, 15) is 0 Å². The minimum Gasteiger partial charge on any atom is -0.0911 e. The van der Waals surface area contributed by atoms with Gasteiger partial charge in [0, 0.05) is 0 Å². The quantitative estimate of drug-likeness (QED) is 0.448. The molecule has 0 saturated carbocycles. The van der Waals surface area contributed by atoms with Gasteiger partial charge in [0.05, 0.1) is 0 Å². The fourth-order valence-electron chi connectivity index (χ4n) is 3.57. The summed E-state index contributed by atoms with van der Waals surface area (Å²) in [6.45, 7) is 17.5. The molecule has 0 amide bonds. The highest BCUT2D eigenvalue weighted by molar-refractivity contribution is 5.83. The predicted molar refractivity (Wildman–Crippen MR) is 123 cm³/mol. The maximum absolute atomic E-state index is 4.36. The SMILES string of the molecule is C=C(/C=C(C)/C(/C=C\C)=C/CC)c1ccc(C)c(C2=C(C)CCC(C)=C2)c1. The van der Waals surface area contributed by atoms with E-state index in [0.717, 1.165) is 18.4 Å². The summed E-state index contributed by atoms with van der Waals surface area (Å²) in [5.74, 6) is 0. The van der Waals surface area contributed by atoms with Gasteiger partial charge in [-0.15, -0.1) is 0 Å². The molecule has 0 N–H and O–H groups in total. The van der Waals surface area contributed by atoms with Crippen LogP contribution >= 0.6 is 0 Å². The summed E-state index contributed by atoms with van der Waals surface area (Å²) < 4.78 is 0. The number of rotatable bonds is 6. The van der Waals surface area contributed by atoms with E-state index in [2.05, 4.69) is 96.7 Å². The van der Waals surface area contributed by atoms with Crippen molar-refractivity contribution in [1.29, 1.82) is 0 Å². The highest BCUT2D eigenvalue weighted by Gasteiger charge is 2.13. The average Bonchev–Trinajstić information content (AvgIpc) is 2.64. The Labute approximate surface area is 166 Å². The minimum atomic E-state index is 1.03. The van der Waals surface area contributed by atoms with Crippen molar-refractivity contribution in [3.8, 4) is 0 Å². The Balaban J connectivity index is 2.42. The molecule has 1 aliphatic carbocycles. The highest BCUT2D eigenvalue weighted by Crippen LogP contribution is 2.33. The van der Waals surface area contributed by atoms with Crippen LogP contribution in [0.2, 0.25) is 0 Å². The van der Waals surface area contributed by atoms with Crippen molar-refractivity contribution in [2.45, 2.75) is 60.8 Å². The smallest absolute Gasteiger partial charge is 0.0149 e. The lowest BCUT2D eigenvalue weighted by Crippen LogP contribution is -1.98. The summed E-state index contributed by atoms with van der Waals surface area (Å²) in [6.07, 6.45) is 14.5. The molecule has 0 nitrogen and oxygen atoms in total. The zero-order valence-corrected chi connectivity index (χ0v) is 17.9. The van der Waals surface area contributed by atoms with Crippen LogP contribution in [0.5, 0.6) is 0 Å². The summed E-state index contributed by atoms with van der Waals surface area (Å²) in [5.41, 5.74) is 11.8. The summed E-state index contributed by atoms with van der Waals surface area (Å²) >= 11 is 0. The number of hydrogen-bond acceptors (Lipinski definition) is 0. The first-order chi connectivity index (χ1) is 12.9. The Kier molecular flexibility index (Phi) is 7.42. The zero-order chi connectivity index (χ0) is 20.0. The molecular weight excluding hydrogens is 324 g/mol. The molecule has 0 atom stereocenters. The molecule has 0 heteroatoms. The van der Waals surface area contributed by atoms with Gasteiger partial charge in [0.2, 0.25) is 0 Å². The Morgan fingerprint density at radius 3 is 2.56 bits per heavy atom. The topological polar surface area (TPSA) is 0 Å². The fourth-order valence-corrected chi connectivity index (χ4v) is 3.57. The van der Waals surface area contributed by atoms with Crippen LogP contribution in [-0.4, -0.2) is 0 Å². The number of hydrogen-bond donors (Lipinski definition) is 0. The molecule has 0 saturated heterocycles. The van der Waals surface area contributed by atoms with Gasteiger partial charge >= 0.3 is 0 Å². The lowest BCUT2D eigenvalue weighted by atomic mass is 9.86. The molecule has 1 aromatic rings. The zero-order valence-electron chi connectivity index (χ0n) is 17.9. The standard InChI is InChI=1S/C27H34/c1-8-10-24(11-9-2)22(6)17-23(7)25-15-14-21(5)27(18-25)26-16-19(3)12-13-20(26)4/h8,10-11,14-18H,7,9,12-13H2,1-6H3/b10-8-,22-17+,24-11+. The predicted octanol–water partition coefficient (Wildman–Crippen LogP) is 8.38. The molecule has 0 aliphatic heterocycles. The van der Waals surface area contributed by atoms with Crippen LogP contribution in [0.25, 0.3) is 11.1 Å². The normalized spacial score (nSPS) is 16.1. The van der Waals surface area contributed by atoms with Crippen molar-refractivity contribution < 1.29 is 0 Å². The first-order valence-corrected chi connectivity index (χ1v) is 10.1. The summed E-state index contributed by atoms with van der Waals surface area (Å²) in [5, 5.41) is 0. The molecule has 0 spiro atoms. The van der Waals surface area contributed by atoms with E-state index in [1.165, 1.54) is 51.0 Å². The van der Waals surface area contributed by atoms with Crippen LogP contribution < -0.4 is 0 Å². The van der Waals surface area contributed by atoms with Crippen molar-refractivity contribution >= 4 is 11.1 Å². The van der Waals surface area contributed by atoms with Crippen LogP contribution in [0, 0.1) is 6.92 Å². The number of aryl methyl sites for hydroxylation is 1. The van der Waals surface area contributed by atoms with Crippen LogP contribution in [0.1, 0.15) is 70.6 Å². The second-order valence-corrected chi connectivity index (χ2v) is 7.63. The van der Waals surface area contributed by atoms with Gasteiger partial charge in [-0.2, -0.15) is 0 Å². The Hall–Kier alpha value is -2.34. The molecule has 27 heavy (non-hydrogen) atoms. The summed E-state index contributed by atoms with van der Waals surface area (Å²) in [4.78, 5) is 0. The second-order valence-electron chi connectivity index (χ2n) is 7.63. The first-order valence-electron chi connectivity index (χ1n) is 10.1. The van der Waals surface area contributed by atoms with E-state index in [1.54, 1.807) is 0 Å². The third-order valence-electron chi connectivity index (χ3n) is 5.26. The largest absolute Gasteiger partial charge is 0.0911 e. The molecule has 2 rings (SSSR count). The Bertz CT molecular complexity index is 863. The summed E-state index contributed by atoms with van der Waals surface area (Å²) in [6, 6.07) is 6.74. The van der Waals surface area contributed by atoms with Crippen molar-refractivity contribution in [3.63, 3.8) is 0 Å². The molecule has 0 bridgehead atoms. The third kappa shape index (κ3) is 5.32. The molecule has 0 heterocycles. The molecular formula is C27H34. The lowest BCUT2D eigenvalue weighted by molar-refractivity contribution is 0.911. The third-order valence-corrected chi connectivity index (χ3v) is 5.26. The molecule has 1 aromatic carbocycles. The van der Waals surface area contributed by atoms with Gasteiger partial charge in [0.25, 0.3) is 0 Å². The highest BCUT2D eigenvalue weighted by atomic mass is 14.2. The van der Waals surface area contributed by atoms with E-state index < -0.39 is 0 Å². The first kappa shape index (κ1) is 21.0. The van der Waals surface area contributed by atoms with Gasteiger partial charge in [0.15, 0.2) is 0 Å². The van der Waals surface area contributed by atoms with Crippen LogP contribution in [0.15, 0.2) is 77.5 Å². The maximum atomic E-state index is 4.36. The van der Waals surface area contributed by atoms with E-state index in [0.29, 0.717) is 0 Å². The average molecular weight is 359 g/mol. The van der Waals surface area contributed by atoms with Crippen molar-refractivity contribution in [2.75, 3.05) is 0 Å². The fraction of sp³-hybridized carbons (Fsp3) is 0.333. The number of allylic oxidation sites excluding steroid dienone is 11. The van der Waals surface area contributed by atoms with Crippen molar-refractivity contribution in [1.82, 2.24) is 0 Å². The molecule has 1 aliphatic rings. The second kappa shape index (κ2) is 9.55. The Morgan fingerprint density at radius 2 is 1.89 bits per heavy atom. The van der Waals surface area contributed by atoms with Gasteiger partial charge < -0.3 is 0 Å². The van der Waals surface area contributed by atoms with E-state index in [-0.39, 0.29) is 0 Å². The van der Waals surface area contributed by atoms with E-state index in [1.807, 2.05) is 0 Å². The summed E-state index contributed by atoms with van der Waals surface area (Å²) in [7, 11) is 0. The Morgan fingerprint density at radius 1 is 1.15 bits per heavy atom. The van der Waals surface area contributed by atoms with E-state index in [4.69, 9.17) is 0 Å². The molecule has 142 valence electrons. The van der Waals surface area contributed by atoms with Crippen LogP contribution in [0.3, 0.4) is 0 Å². The van der Waals surface area contributed by atoms with Gasteiger partial charge in [-0.05, 0) is 98.9 Å². The van der Waals surface area contributed by atoms with Crippen molar-refractivity contribution in [3.05, 3.63) is 94.1 Å². The lowest BCUT2D eigenvalue weighted by Gasteiger charge is -2.19. The van der Waals surface area contributed by atoms with Gasteiger partial charge in [-0.25, -0.2) is 0 Å². The van der Waals surface area contributed by atoms with Crippen molar-refractivity contribution in [2.24, 2.45) is 0 Å². The maximum Gasteiger partial charge on any atom is -0.0149 e. The minimum absolute atomic E-state index is 1.03.